The lowest BCUT2D eigenvalue weighted by molar-refractivity contribution is -0.385. The van der Waals surface area contributed by atoms with Gasteiger partial charge in [-0.2, -0.15) is 4.31 Å². The number of esters is 1. The lowest BCUT2D eigenvalue weighted by Crippen LogP contribution is -2.45. The van der Waals surface area contributed by atoms with Crippen LogP contribution in [-0.4, -0.2) is 42.8 Å². The molecule has 0 unspecified atom stereocenters. The van der Waals surface area contributed by atoms with Gasteiger partial charge in [0.25, 0.3) is 5.69 Å². The summed E-state index contributed by atoms with van der Waals surface area (Å²) in [7, 11) is -2.86. The van der Waals surface area contributed by atoms with Crippen molar-refractivity contribution in [1.29, 1.82) is 0 Å². The highest BCUT2D eigenvalue weighted by Gasteiger charge is 2.44. The molecule has 1 saturated carbocycles. The molecule has 0 saturated heterocycles. The van der Waals surface area contributed by atoms with E-state index in [-0.39, 0.29) is 22.2 Å². The van der Waals surface area contributed by atoms with Crippen LogP contribution in [0.3, 0.4) is 0 Å². The molecule has 9 heteroatoms. The number of hydrogen-bond donors (Lipinski definition) is 0. The van der Waals surface area contributed by atoms with Crippen LogP contribution < -0.4 is 0 Å². The first-order valence-corrected chi connectivity index (χ1v) is 8.51. The summed E-state index contributed by atoms with van der Waals surface area (Å²) in [5, 5.41) is 11.0. The summed E-state index contributed by atoms with van der Waals surface area (Å²) in [6, 6.07) is 2.62. The third-order valence-electron chi connectivity index (χ3n) is 3.84. The van der Waals surface area contributed by atoms with E-state index in [0.717, 1.165) is 4.31 Å². The average Bonchev–Trinajstić information content (AvgIpc) is 3.30. The van der Waals surface area contributed by atoms with Gasteiger partial charge in [-0.05, 0) is 32.8 Å². The van der Waals surface area contributed by atoms with Crippen LogP contribution in [0.1, 0.15) is 25.3 Å². The van der Waals surface area contributed by atoms with Crippen molar-refractivity contribution in [2.75, 3.05) is 7.11 Å². The van der Waals surface area contributed by atoms with E-state index < -0.39 is 27.0 Å². The monoisotopic (exact) mass is 342 g/mol. The molecule has 1 aliphatic carbocycles. The van der Waals surface area contributed by atoms with Gasteiger partial charge >= 0.3 is 5.97 Å². The van der Waals surface area contributed by atoms with Crippen LogP contribution in [0.25, 0.3) is 0 Å². The van der Waals surface area contributed by atoms with Gasteiger partial charge in [0, 0.05) is 17.7 Å². The fourth-order valence-corrected chi connectivity index (χ4v) is 4.59. The van der Waals surface area contributed by atoms with Gasteiger partial charge in [0.05, 0.1) is 16.9 Å². The molecular weight excluding hydrogens is 324 g/mol. The van der Waals surface area contributed by atoms with Gasteiger partial charge in [-0.25, -0.2) is 8.42 Å². The summed E-state index contributed by atoms with van der Waals surface area (Å²) in [5.41, 5.74) is -0.215. The van der Waals surface area contributed by atoms with Crippen molar-refractivity contribution >= 4 is 21.7 Å². The van der Waals surface area contributed by atoms with Crippen molar-refractivity contribution in [3.05, 3.63) is 33.9 Å². The molecule has 23 heavy (non-hydrogen) atoms. The highest BCUT2D eigenvalue weighted by Crippen LogP contribution is 2.36. The fourth-order valence-electron chi connectivity index (χ4n) is 2.52. The van der Waals surface area contributed by atoms with Crippen LogP contribution in [-0.2, 0) is 19.6 Å². The minimum absolute atomic E-state index is 0.0558. The summed E-state index contributed by atoms with van der Waals surface area (Å²) in [4.78, 5) is 22.0. The van der Waals surface area contributed by atoms with Gasteiger partial charge < -0.3 is 4.74 Å². The Labute approximate surface area is 134 Å². The lowest BCUT2D eigenvalue weighted by atomic mass is 10.2. The molecule has 126 valence electrons. The van der Waals surface area contributed by atoms with Crippen LogP contribution in [0.15, 0.2) is 23.1 Å². The number of nitro benzene ring substituents is 1. The first-order chi connectivity index (χ1) is 10.7. The predicted octanol–water partition coefficient (Wildman–Crippen LogP) is 1.62. The predicted molar refractivity (Wildman–Crippen MR) is 81.4 cm³/mol. The number of ether oxygens (including phenoxy) is 1. The zero-order valence-corrected chi connectivity index (χ0v) is 13.9. The first-order valence-electron chi connectivity index (χ1n) is 7.07. The van der Waals surface area contributed by atoms with E-state index in [4.69, 9.17) is 0 Å². The standard InChI is InChI=1S/C14H18N2O6S/c1-9-12(16(18)19)5-4-6-13(9)23(20,21)15(11-7-8-11)10(2)14(17)22-3/h4-6,10-11H,7-8H2,1-3H3/t10-/m0/s1. The molecule has 0 aromatic heterocycles. The number of methoxy groups -OCH3 is 1. The van der Waals surface area contributed by atoms with Crippen molar-refractivity contribution in [1.82, 2.24) is 4.31 Å². The smallest absolute Gasteiger partial charge is 0.323 e. The molecule has 1 fully saturated rings. The maximum atomic E-state index is 13.0. The fraction of sp³-hybridized carbons (Fsp3) is 0.500. The molecular formula is C14H18N2O6S. The van der Waals surface area contributed by atoms with Gasteiger partial charge in [0.15, 0.2) is 0 Å². The van der Waals surface area contributed by atoms with Crippen molar-refractivity contribution in [3.63, 3.8) is 0 Å². The highest BCUT2D eigenvalue weighted by molar-refractivity contribution is 7.89. The lowest BCUT2D eigenvalue weighted by Gasteiger charge is -2.27. The number of nitrogens with zero attached hydrogens (tertiary/aromatic N) is 2. The Morgan fingerprint density at radius 1 is 1.43 bits per heavy atom. The van der Waals surface area contributed by atoms with Crippen LogP contribution in [0.5, 0.6) is 0 Å². The molecule has 0 aliphatic heterocycles. The van der Waals surface area contributed by atoms with Gasteiger partial charge in [-0.3, -0.25) is 14.9 Å². The van der Waals surface area contributed by atoms with E-state index in [2.05, 4.69) is 4.74 Å². The van der Waals surface area contributed by atoms with E-state index >= 15 is 0 Å². The first kappa shape index (κ1) is 17.4. The summed E-state index contributed by atoms with van der Waals surface area (Å²) in [6.07, 6.45) is 1.29. The average molecular weight is 342 g/mol. The van der Waals surface area contributed by atoms with Crippen LogP contribution in [0.2, 0.25) is 0 Å². The minimum atomic E-state index is -4.05. The normalized spacial score (nSPS) is 16.2. The molecule has 1 aromatic carbocycles. The molecule has 0 amide bonds. The summed E-state index contributed by atoms with van der Waals surface area (Å²) in [6.45, 7) is 2.84. The Hall–Kier alpha value is -2.00. The van der Waals surface area contributed by atoms with Gasteiger partial charge in [-0.1, -0.05) is 6.07 Å². The molecule has 1 aliphatic rings. The number of rotatable bonds is 6. The molecule has 0 radical (unpaired) electrons. The zero-order chi connectivity index (χ0) is 17.4. The minimum Gasteiger partial charge on any atom is -0.468 e. The van der Waals surface area contributed by atoms with Crippen molar-refractivity contribution < 1.29 is 22.9 Å². The second kappa shape index (κ2) is 6.25. The molecule has 1 atom stereocenters. The number of sulfonamides is 1. The molecule has 2 rings (SSSR count). The highest BCUT2D eigenvalue weighted by atomic mass is 32.2. The van der Waals surface area contributed by atoms with E-state index in [9.17, 15) is 23.3 Å². The Morgan fingerprint density at radius 3 is 2.52 bits per heavy atom. The Kier molecular flexibility index (Phi) is 4.71. The van der Waals surface area contributed by atoms with Crippen molar-refractivity contribution in [3.8, 4) is 0 Å². The topological polar surface area (TPSA) is 107 Å². The second-order valence-corrected chi connectivity index (χ2v) is 7.23. The van der Waals surface area contributed by atoms with Gasteiger partial charge in [0.1, 0.15) is 6.04 Å². The van der Waals surface area contributed by atoms with Crippen molar-refractivity contribution in [2.45, 2.75) is 43.7 Å². The summed E-state index contributed by atoms with van der Waals surface area (Å²) >= 11 is 0. The van der Waals surface area contributed by atoms with E-state index in [1.807, 2.05) is 0 Å². The summed E-state index contributed by atoms with van der Waals surface area (Å²) < 4.78 is 31.7. The van der Waals surface area contributed by atoms with E-state index in [0.29, 0.717) is 12.8 Å². The second-order valence-electron chi connectivity index (χ2n) is 5.42. The van der Waals surface area contributed by atoms with Crippen LogP contribution in [0, 0.1) is 17.0 Å². The Balaban J connectivity index is 2.53. The maximum Gasteiger partial charge on any atom is 0.323 e. The molecule has 8 nitrogen and oxygen atoms in total. The zero-order valence-electron chi connectivity index (χ0n) is 13.1. The maximum absolute atomic E-state index is 13.0. The molecule has 0 bridgehead atoms. The Bertz CT molecular complexity index is 742. The molecule has 1 aromatic rings. The summed E-state index contributed by atoms with van der Waals surface area (Å²) in [5.74, 6) is -0.663. The number of hydrogen-bond acceptors (Lipinski definition) is 6. The van der Waals surface area contributed by atoms with E-state index in [1.54, 1.807) is 0 Å². The molecule has 0 spiro atoms. The third kappa shape index (κ3) is 3.20. The number of carbonyl (C=O) groups is 1. The Morgan fingerprint density at radius 2 is 2.04 bits per heavy atom. The quantitative estimate of drug-likeness (QED) is 0.442. The van der Waals surface area contributed by atoms with Gasteiger partial charge in [0.2, 0.25) is 10.0 Å². The van der Waals surface area contributed by atoms with Crippen molar-refractivity contribution in [2.24, 2.45) is 0 Å². The van der Waals surface area contributed by atoms with Crippen LogP contribution in [0.4, 0.5) is 5.69 Å². The number of carbonyl (C=O) groups excluding carboxylic acids is 1. The van der Waals surface area contributed by atoms with Crippen LogP contribution >= 0.6 is 0 Å². The number of benzene rings is 1. The largest absolute Gasteiger partial charge is 0.468 e. The molecule has 0 heterocycles. The SMILES string of the molecule is COC(=O)[C@H](C)N(C1CC1)S(=O)(=O)c1cccc([N+](=O)[O-])c1C. The number of nitro groups is 1. The van der Waals surface area contributed by atoms with E-state index in [1.165, 1.54) is 39.2 Å². The van der Waals surface area contributed by atoms with Gasteiger partial charge in [-0.15, -0.1) is 0 Å². The third-order valence-corrected chi connectivity index (χ3v) is 6.01. The molecule has 0 N–H and O–H groups in total.